The molecule has 0 radical (unpaired) electrons. The third-order valence-corrected chi connectivity index (χ3v) is 11.3. The zero-order chi connectivity index (χ0) is 36.9. The fraction of sp³-hybridized carbons (Fsp3) is 1.00. The number of hydrogen-bond acceptors (Lipinski definition) is 0. The number of hydrogen-bond donors (Lipinski definition) is 2. The van der Waals surface area contributed by atoms with Crippen LogP contribution in [0.3, 0.4) is 0 Å². The smallest absolute Gasteiger partial charge is 0.0770 e. The number of unbranched alkanes of at least 4 members (excludes halogenated alkanes) is 30. The lowest BCUT2D eigenvalue weighted by Gasteiger charge is -2.20. The maximum Gasteiger partial charge on any atom is 0.0770 e. The van der Waals surface area contributed by atoms with Gasteiger partial charge < -0.3 is 43.8 Å². The molecule has 52 heavy (non-hydrogen) atoms. The van der Waals surface area contributed by atoms with Gasteiger partial charge >= 0.3 is 0 Å². The van der Waals surface area contributed by atoms with Gasteiger partial charge in [0.15, 0.2) is 0 Å². The molecule has 2 nitrogen and oxygen atoms in total. The lowest BCUT2D eigenvalue weighted by Crippen LogP contribution is -3.12. The van der Waals surface area contributed by atoms with Gasteiger partial charge in [-0.25, -0.2) is 0 Å². The third kappa shape index (κ3) is 53.0. The van der Waals surface area contributed by atoms with Crippen LogP contribution in [0.4, 0.5) is 0 Å². The molecule has 2 N–H and O–H groups in total. The number of halogens is 2. The molecule has 0 atom stereocenters. The van der Waals surface area contributed by atoms with E-state index >= 15 is 0 Å². The first-order valence-electron chi connectivity index (χ1n) is 24.4. The molecule has 0 spiro atoms. The van der Waals surface area contributed by atoms with Crippen LogP contribution in [0.5, 0.6) is 0 Å². The molecule has 0 aliphatic carbocycles. The zero-order valence-corrected chi connectivity index (χ0v) is 40.6. The molecule has 0 aliphatic rings. The lowest BCUT2D eigenvalue weighted by atomic mass is 10.1. The van der Waals surface area contributed by atoms with Gasteiger partial charge in [0.05, 0.1) is 39.3 Å². The average molecular weight is 869 g/mol. The van der Waals surface area contributed by atoms with Crippen LogP contribution in [-0.4, -0.2) is 39.3 Å². The Morgan fingerprint density at radius 3 is 0.423 bits per heavy atom. The Bertz CT molecular complexity index is 436. The van der Waals surface area contributed by atoms with Gasteiger partial charge in [-0.2, -0.15) is 0 Å². The van der Waals surface area contributed by atoms with Crippen LogP contribution in [0.2, 0.25) is 0 Å². The molecule has 4 heteroatoms. The van der Waals surface area contributed by atoms with Crippen molar-refractivity contribution < 1.29 is 43.8 Å². The molecule has 0 aromatic rings. The molecule has 0 fully saturated rings. The minimum absolute atomic E-state index is 0. The summed E-state index contributed by atoms with van der Waals surface area (Å²) in [6.45, 7) is 22.5. The fourth-order valence-corrected chi connectivity index (χ4v) is 7.68. The molecule has 0 rings (SSSR count). The quantitative estimate of drug-likeness (QED) is 0.0578. The normalized spacial score (nSPS) is 11.1. The molecule has 0 aliphatic heterocycles. The molecular weight excluding hydrogens is 764 g/mol. The second kappa shape index (κ2) is 56.2. The van der Waals surface area contributed by atoms with Crippen molar-refractivity contribution in [2.75, 3.05) is 39.3 Å². The van der Waals surface area contributed by atoms with E-state index in [1.54, 1.807) is 0 Å². The Kier molecular flexibility index (Phi) is 64.4. The highest BCUT2D eigenvalue weighted by Gasteiger charge is 2.09. The van der Waals surface area contributed by atoms with Crippen LogP contribution < -0.4 is 43.8 Å². The zero-order valence-electron chi connectivity index (χ0n) is 37.5. The van der Waals surface area contributed by atoms with Gasteiger partial charge in [-0.1, -0.05) is 196 Å². The summed E-state index contributed by atoms with van der Waals surface area (Å²) < 4.78 is 0. The summed E-state index contributed by atoms with van der Waals surface area (Å²) >= 11 is 0. The summed E-state index contributed by atoms with van der Waals surface area (Å²) in [4.78, 5) is 3.84. The first kappa shape index (κ1) is 59.6. The van der Waals surface area contributed by atoms with E-state index in [4.69, 9.17) is 0 Å². The predicted octanol–water partition coefficient (Wildman–Crippen LogP) is 7.91. The topological polar surface area (TPSA) is 8.88 Å². The predicted molar refractivity (Wildman–Crippen MR) is 231 cm³/mol. The first-order chi connectivity index (χ1) is 24.7. The largest absolute Gasteiger partial charge is 1.00 e. The van der Waals surface area contributed by atoms with Crippen LogP contribution in [0.1, 0.15) is 273 Å². The molecule has 0 saturated heterocycles. The van der Waals surface area contributed by atoms with E-state index in [1.165, 1.54) is 270 Å². The van der Waals surface area contributed by atoms with E-state index in [9.17, 15) is 0 Å². The van der Waals surface area contributed by atoms with E-state index in [2.05, 4.69) is 41.5 Å². The van der Waals surface area contributed by atoms with Crippen LogP contribution in [0.15, 0.2) is 0 Å². The van der Waals surface area contributed by atoms with Crippen molar-refractivity contribution >= 4 is 0 Å². The van der Waals surface area contributed by atoms with Gasteiger partial charge in [-0.05, 0) is 77.0 Å². The molecule has 0 aromatic carbocycles. The second-order valence-electron chi connectivity index (χ2n) is 16.6. The molecule has 0 saturated carbocycles. The summed E-state index contributed by atoms with van der Waals surface area (Å²) in [5.74, 6) is 0. The molecule has 0 bridgehead atoms. The maximum atomic E-state index is 2.31. The minimum Gasteiger partial charge on any atom is -1.00 e. The summed E-state index contributed by atoms with van der Waals surface area (Å²) in [5.41, 5.74) is 0. The third-order valence-electron chi connectivity index (χ3n) is 11.3. The second-order valence-corrected chi connectivity index (χ2v) is 16.6. The Hall–Kier alpha value is 0.880. The number of nitrogens with one attached hydrogen (secondary N) is 2. The van der Waals surface area contributed by atoms with Gasteiger partial charge in [0.2, 0.25) is 0 Å². The van der Waals surface area contributed by atoms with Crippen molar-refractivity contribution in [2.45, 2.75) is 273 Å². The van der Waals surface area contributed by atoms with Crippen molar-refractivity contribution in [1.29, 1.82) is 0 Å². The summed E-state index contributed by atoms with van der Waals surface area (Å²) in [6, 6.07) is 0. The van der Waals surface area contributed by atoms with Gasteiger partial charge in [-0.15, -0.1) is 0 Å². The molecule has 0 unspecified atom stereocenters. The minimum atomic E-state index is 0. The van der Waals surface area contributed by atoms with Crippen molar-refractivity contribution in [3.63, 3.8) is 0 Å². The van der Waals surface area contributed by atoms with Crippen LogP contribution in [0.25, 0.3) is 0 Å². The van der Waals surface area contributed by atoms with Gasteiger partial charge in [0.1, 0.15) is 0 Å². The van der Waals surface area contributed by atoms with Crippen molar-refractivity contribution in [3.05, 3.63) is 0 Å². The molecule has 320 valence electrons. The van der Waals surface area contributed by atoms with Crippen molar-refractivity contribution in [3.8, 4) is 0 Å². The van der Waals surface area contributed by atoms with Gasteiger partial charge in [-0.3, -0.25) is 0 Å². The SMILES string of the molecule is CCCCCCCC[NH+](CCCCCCCC)CCCCCCCC.CCCCCCCC[NH+](CCCCCCCC)CCCCCCCC.[Br-].[Br-]. The molecule has 0 heterocycles. The Morgan fingerprint density at radius 2 is 0.288 bits per heavy atom. The van der Waals surface area contributed by atoms with E-state index in [1.807, 2.05) is 9.80 Å². The average Bonchev–Trinajstić information content (AvgIpc) is 3.13. The fourth-order valence-electron chi connectivity index (χ4n) is 7.68. The summed E-state index contributed by atoms with van der Waals surface area (Å²) in [6.07, 6.45) is 52.0. The maximum absolute atomic E-state index is 2.31. The Balaban J connectivity index is -0.000000427. The highest BCUT2D eigenvalue weighted by molar-refractivity contribution is 4.49. The Labute approximate surface area is 353 Å². The van der Waals surface area contributed by atoms with E-state index < -0.39 is 0 Å². The van der Waals surface area contributed by atoms with E-state index in [-0.39, 0.29) is 34.0 Å². The van der Waals surface area contributed by atoms with Crippen LogP contribution in [0, 0.1) is 0 Å². The standard InChI is InChI=1S/2C24H51N.2BrH/c2*1-4-7-10-13-16-19-22-25(23-20-17-14-11-8-5-2)24-21-18-15-12-9-6-3;;/h2*4-24H2,1-3H3;2*1H. The van der Waals surface area contributed by atoms with Gasteiger partial charge in [0.25, 0.3) is 0 Å². The highest BCUT2D eigenvalue weighted by atomic mass is 79.9. The van der Waals surface area contributed by atoms with Crippen molar-refractivity contribution in [1.82, 2.24) is 0 Å². The molecule has 0 amide bonds. The summed E-state index contributed by atoms with van der Waals surface area (Å²) in [5, 5.41) is 0. The van der Waals surface area contributed by atoms with E-state index in [0.717, 1.165) is 0 Å². The van der Waals surface area contributed by atoms with Crippen molar-refractivity contribution in [2.24, 2.45) is 0 Å². The molecular formula is C48H104Br2N2. The van der Waals surface area contributed by atoms with E-state index in [0.29, 0.717) is 0 Å². The van der Waals surface area contributed by atoms with Gasteiger partial charge in [0, 0.05) is 0 Å². The lowest BCUT2D eigenvalue weighted by molar-refractivity contribution is -0.901. The number of quaternary nitrogens is 2. The Morgan fingerprint density at radius 1 is 0.173 bits per heavy atom. The number of rotatable bonds is 42. The summed E-state index contributed by atoms with van der Waals surface area (Å²) in [7, 11) is 0. The monoisotopic (exact) mass is 867 g/mol. The first-order valence-corrected chi connectivity index (χ1v) is 24.4. The molecule has 0 aromatic heterocycles. The van der Waals surface area contributed by atoms with Crippen LogP contribution in [-0.2, 0) is 0 Å². The van der Waals surface area contributed by atoms with Crippen LogP contribution >= 0.6 is 0 Å². The highest BCUT2D eigenvalue weighted by Crippen LogP contribution is 2.08.